The van der Waals surface area contributed by atoms with Crippen LogP contribution in [0.4, 0.5) is 0 Å². The molecule has 0 spiro atoms. The summed E-state index contributed by atoms with van der Waals surface area (Å²) >= 11 is 0. The van der Waals surface area contributed by atoms with Gasteiger partial charge in [-0.2, -0.15) is 0 Å². The Bertz CT molecular complexity index is 656. The van der Waals surface area contributed by atoms with E-state index in [1.807, 2.05) is 12.1 Å². The quantitative estimate of drug-likeness (QED) is 0.803. The maximum atomic E-state index is 10.7. The Labute approximate surface area is 143 Å². The van der Waals surface area contributed by atoms with Crippen LogP contribution < -0.4 is 4.74 Å². The minimum Gasteiger partial charge on any atom is -0.494 e. The lowest BCUT2D eigenvalue weighted by Crippen LogP contribution is -2.01. The minimum atomic E-state index is -0.920. The van der Waals surface area contributed by atoms with E-state index in [2.05, 4.69) is 19.1 Å². The molecule has 4 nitrogen and oxygen atoms in total. The lowest BCUT2D eigenvalue weighted by atomic mass is 10.0. The average Bonchev–Trinajstić information content (AvgIpc) is 2.53. The van der Waals surface area contributed by atoms with E-state index in [0.717, 1.165) is 12.8 Å². The van der Waals surface area contributed by atoms with Crippen LogP contribution >= 0.6 is 0 Å². The van der Waals surface area contributed by atoms with Gasteiger partial charge in [-0.05, 0) is 69.0 Å². The van der Waals surface area contributed by atoms with Crippen molar-refractivity contribution in [3.63, 3.8) is 0 Å². The van der Waals surface area contributed by atoms with Crippen molar-refractivity contribution < 1.29 is 19.4 Å². The van der Waals surface area contributed by atoms with Gasteiger partial charge in [0.25, 0.3) is 0 Å². The molecule has 24 heavy (non-hydrogen) atoms. The number of benzene rings is 2. The van der Waals surface area contributed by atoms with E-state index in [4.69, 9.17) is 9.84 Å². The molecule has 0 atom stereocenters. The van der Waals surface area contributed by atoms with Crippen molar-refractivity contribution >= 4 is 11.8 Å². The molecule has 0 radical (unpaired) electrons. The summed E-state index contributed by atoms with van der Waals surface area (Å²) in [4.78, 5) is 20.2. The van der Waals surface area contributed by atoms with Crippen molar-refractivity contribution in [2.24, 2.45) is 0 Å². The molecule has 128 valence electrons. The number of hydrogen-bond donors (Lipinski definition) is 1. The number of aryl methyl sites for hydroxylation is 2. The maximum absolute atomic E-state index is 10.7. The molecule has 4 heteroatoms. The van der Waals surface area contributed by atoms with Crippen LogP contribution in [-0.4, -0.2) is 23.5 Å². The van der Waals surface area contributed by atoms with Gasteiger partial charge in [0.2, 0.25) is 0 Å². The second-order valence-corrected chi connectivity index (χ2v) is 5.62. The molecule has 0 heterocycles. The van der Waals surface area contributed by atoms with Crippen molar-refractivity contribution in [2.75, 3.05) is 6.61 Å². The first-order valence-corrected chi connectivity index (χ1v) is 7.88. The number of rotatable bonds is 6. The molecule has 0 aliphatic carbocycles. The van der Waals surface area contributed by atoms with Crippen LogP contribution in [0.3, 0.4) is 0 Å². The molecule has 0 aromatic heterocycles. The average molecular weight is 328 g/mol. The number of ether oxygens (including phenoxy) is 1. The van der Waals surface area contributed by atoms with Crippen LogP contribution in [0, 0.1) is 6.92 Å². The zero-order chi connectivity index (χ0) is 17.9. The molecule has 2 rings (SSSR count). The van der Waals surface area contributed by atoms with Gasteiger partial charge in [-0.15, -0.1) is 0 Å². The molecule has 2 aromatic carbocycles. The van der Waals surface area contributed by atoms with Gasteiger partial charge in [-0.25, -0.2) is 4.79 Å². The largest absolute Gasteiger partial charge is 0.494 e. The third kappa shape index (κ3) is 7.58. The molecule has 0 amide bonds. The summed E-state index contributed by atoms with van der Waals surface area (Å²) in [5.41, 5.74) is 2.92. The van der Waals surface area contributed by atoms with E-state index < -0.39 is 5.97 Å². The number of aromatic carboxylic acids is 1. The van der Waals surface area contributed by atoms with E-state index in [1.165, 1.54) is 25.0 Å². The third-order valence-electron chi connectivity index (χ3n) is 3.22. The number of carboxylic acids is 1. The van der Waals surface area contributed by atoms with Gasteiger partial charge in [0, 0.05) is 0 Å². The standard InChI is InChI=1S/C17H18O3.C3H6O/c1-13-5-2-3-6-14(13)7-4-12-20-16-10-8-15(9-11-16)17(18)19;1-3(2)4/h2-3,5-6,8-11H,4,7,12H2,1H3,(H,18,19);1-2H3. The maximum Gasteiger partial charge on any atom is 0.335 e. The fraction of sp³-hybridized carbons (Fsp3) is 0.300. The van der Waals surface area contributed by atoms with Crippen LogP contribution in [-0.2, 0) is 11.2 Å². The molecule has 0 aliphatic heterocycles. The summed E-state index contributed by atoms with van der Waals surface area (Å²) in [6.07, 6.45) is 1.92. The summed E-state index contributed by atoms with van der Waals surface area (Å²) in [6.45, 7) is 5.79. The molecule has 0 fully saturated rings. The van der Waals surface area contributed by atoms with Crippen LogP contribution in [0.2, 0.25) is 0 Å². The van der Waals surface area contributed by atoms with Crippen molar-refractivity contribution in [1.82, 2.24) is 0 Å². The Balaban J connectivity index is 0.000000648. The van der Waals surface area contributed by atoms with Crippen LogP contribution in [0.5, 0.6) is 5.75 Å². The Hall–Kier alpha value is -2.62. The fourth-order valence-electron chi connectivity index (χ4n) is 2.04. The van der Waals surface area contributed by atoms with E-state index in [-0.39, 0.29) is 11.3 Å². The Morgan fingerprint density at radius 2 is 1.58 bits per heavy atom. The molecule has 0 unspecified atom stereocenters. The van der Waals surface area contributed by atoms with Gasteiger partial charge in [-0.3, -0.25) is 0 Å². The zero-order valence-corrected chi connectivity index (χ0v) is 14.4. The highest BCUT2D eigenvalue weighted by molar-refractivity contribution is 5.87. The molecule has 1 N–H and O–H groups in total. The van der Waals surface area contributed by atoms with Crippen molar-refractivity contribution in [2.45, 2.75) is 33.6 Å². The summed E-state index contributed by atoms with van der Waals surface area (Å²) < 4.78 is 5.61. The number of Topliss-reactive ketones (excluding diaryl/α,β-unsaturated/α-hetero) is 1. The topological polar surface area (TPSA) is 63.6 Å². The lowest BCUT2D eigenvalue weighted by Gasteiger charge is -2.08. The molecule has 2 aromatic rings. The van der Waals surface area contributed by atoms with Crippen molar-refractivity contribution in [1.29, 1.82) is 0 Å². The lowest BCUT2D eigenvalue weighted by molar-refractivity contribution is -0.115. The fourth-order valence-corrected chi connectivity index (χ4v) is 2.04. The first-order valence-electron chi connectivity index (χ1n) is 7.88. The highest BCUT2D eigenvalue weighted by atomic mass is 16.5. The van der Waals surface area contributed by atoms with E-state index in [1.54, 1.807) is 24.3 Å². The molecule has 0 aliphatic rings. The van der Waals surface area contributed by atoms with Gasteiger partial charge in [0.15, 0.2) is 0 Å². The van der Waals surface area contributed by atoms with Gasteiger partial charge in [-0.1, -0.05) is 24.3 Å². The van der Waals surface area contributed by atoms with Gasteiger partial charge >= 0.3 is 5.97 Å². The van der Waals surface area contributed by atoms with Crippen LogP contribution in [0.1, 0.15) is 41.8 Å². The highest BCUT2D eigenvalue weighted by Crippen LogP contribution is 2.14. The minimum absolute atomic E-state index is 0.167. The van der Waals surface area contributed by atoms with E-state index in [0.29, 0.717) is 12.4 Å². The van der Waals surface area contributed by atoms with Crippen molar-refractivity contribution in [3.8, 4) is 5.75 Å². The molecular formula is C20H24O4. The number of ketones is 1. The second kappa shape index (κ2) is 10.2. The molecular weight excluding hydrogens is 304 g/mol. The summed E-state index contributed by atoms with van der Waals surface area (Å²) in [6, 6.07) is 14.8. The molecule has 0 saturated heterocycles. The zero-order valence-electron chi connectivity index (χ0n) is 14.4. The normalized spacial score (nSPS) is 9.62. The molecule has 0 bridgehead atoms. The predicted molar refractivity (Wildman–Crippen MR) is 94.8 cm³/mol. The van der Waals surface area contributed by atoms with Gasteiger partial charge in [0.1, 0.15) is 11.5 Å². The number of carbonyl (C=O) groups is 2. The summed E-state index contributed by atoms with van der Waals surface area (Å²) in [5, 5.41) is 8.80. The SMILES string of the molecule is CC(C)=O.Cc1ccccc1CCCOc1ccc(C(=O)O)cc1. The summed E-state index contributed by atoms with van der Waals surface area (Å²) in [7, 11) is 0. The number of carboxylic acid groups (broad SMARTS) is 1. The monoisotopic (exact) mass is 328 g/mol. The van der Waals surface area contributed by atoms with Gasteiger partial charge < -0.3 is 14.6 Å². The summed E-state index contributed by atoms with van der Waals surface area (Å²) in [5.74, 6) is -0.0455. The van der Waals surface area contributed by atoms with Crippen LogP contribution in [0.15, 0.2) is 48.5 Å². The van der Waals surface area contributed by atoms with Gasteiger partial charge in [0.05, 0.1) is 12.2 Å². The van der Waals surface area contributed by atoms with Crippen molar-refractivity contribution in [3.05, 3.63) is 65.2 Å². The number of carbonyl (C=O) groups excluding carboxylic acids is 1. The second-order valence-electron chi connectivity index (χ2n) is 5.62. The predicted octanol–water partition coefficient (Wildman–Crippen LogP) is 4.30. The van der Waals surface area contributed by atoms with E-state index in [9.17, 15) is 9.59 Å². The highest BCUT2D eigenvalue weighted by Gasteiger charge is 2.02. The molecule has 0 saturated carbocycles. The first-order chi connectivity index (χ1) is 11.4. The Morgan fingerprint density at radius 3 is 2.12 bits per heavy atom. The Kier molecular flexibility index (Phi) is 8.26. The van der Waals surface area contributed by atoms with E-state index >= 15 is 0 Å². The smallest absolute Gasteiger partial charge is 0.335 e. The first kappa shape index (κ1) is 19.4. The number of hydrogen-bond acceptors (Lipinski definition) is 3. The Morgan fingerprint density at radius 1 is 1.00 bits per heavy atom. The third-order valence-corrected chi connectivity index (χ3v) is 3.22. The van der Waals surface area contributed by atoms with Crippen LogP contribution in [0.25, 0.3) is 0 Å².